The van der Waals surface area contributed by atoms with Crippen LogP contribution in [0.2, 0.25) is 0 Å². The molecular formula is C19H19N. The molecule has 1 heteroatoms. The molecule has 0 N–H and O–H groups in total. The van der Waals surface area contributed by atoms with Crippen LogP contribution in [-0.4, -0.2) is 4.57 Å². The number of allylic oxidation sites excluding steroid dienone is 1. The Labute approximate surface area is 120 Å². The van der Waals surface area contributed by atoms with E-state index < -0.39 is 0 Å². The Bertz CT molecular complexity index is 772. The minimum absolute atomic E-state index is 1.26. The van der Waals surface area contributed by atoms with Gasteiger partial charge in [0.2, 0.25) is 0 Å². The normalized spacial score (nSPS) is 10.8. The third-order valence-electron chi connectivity index (χ3n) is 3.63. The van der Waals surface area contributed by atoms with Crippen LogP contribution in [0.15, 0.2) is 60.2 Å². The molecule has 0 unspecified atom stereocenters. The Morgan fingerprint density at radius 2 is 1.55 bits per heavy atom. The minimum Gasteiger partial charge on any atom is -0.343 e. The average Bonchev–Trinajstić information content (AvgIpc) is 2.73. The summed E-state index contributed by atoms with van der Waals surface area (Å²) < 4.78 is 2.29. The van der Waals surface area contributed by atoms with E-state index in [1.54, 1.807) is 0 Å². The lowest BCUT2D eigenvalue weighted by Gasteiger charge is -2.06. The molecule has 100 valence electrons. The molecule has 0 saturated heterocycles. The number of rotatable bonds is 2. The van der Waals surface area contributed by atoms with E-state index in [4.69, 9.17) is 0 Å². The second-order valence-electron chi connectivity index (χ2n) is 5.43. The summed E-state index contributed by atoms with van der Waals surface area (Å²) in [6, 6.07) is 19.2. The molecule has 0 fully saturated rings. The summed E-state index contributed by atoms with van der Waals surface area (Å²) in [5.74, 6) is 0. The number of hydrogen-bond acceptors (Lipinski definition) is 0. The molecule has 3 aromatic rings. The first kappa shape index (κ1) is 12.7. The molecule has 0 atom stereocenters. The highest BCUT2D eigenvalue weighted by atomic mass is 14.9. The lowest BCUT2D eigenvalue weighted by Crippen LogP contribution is -1.92. The zero-order valence-electron chi connectivity index (χ0n) is 12.2. The molecule has 20 heavy (non-hydrogen) atoms. The predicted molar refractivity (Wildman–Crippen MR) is 87.7 cm³/mol. The molecule has 3 rings (SSSR count). The van der Waals surface area contributed by atoms with Crippen LogP contribution in [-0.2, 0) is 7.05 Å². The van der Waals surface area contributed by atoms with Gasteiger partial charge in [0.1, 0.15) is 0 Å². The van der Waals surface area contributed by atoms with E-state index in [-0.39, 0.29) is 0 Å². The lowest BCUT2D eigenvalue weighted by atomic mass is 10.0. The number of benzene rings is 2. The maximum Gasteiger partial charge on any atom is 0.0562 e. The van der Waals surface area contributed by atoms with Gasteiger partial charge in [-0.15, -0.1) is 0 Å². The van der Waals surface area contributed by atoms with Crippen molar-refractivity contribution in [2.24, 2.45) is 7.05 Å². The molecule has 0 spiro atoms. The fraction of sp³-hybridized carbons (Fsp3) is 0.158. The maximum absolute atomic E-state index is 2.29. The lowest BCUT2D eigenvalue weighted by molar-refractivity contribution is 0.977. The summed E-state index contributed by atoms with van der Waals surface area (Å²) in [5, 5.41) is 1.31. The van der Waals surface area contributed by atoms with Crippen molar-refractivity contribution in [2.75, 3.05) is 0 Å². The summed E-state index contributed by atoms with van der Waals surface area (Å²) in [6.45, 7) is 4.30. The van der Waals surface area contributed by atoms with E-state index >= 15 is 0 Å². The first-order valence-corrected chi connectivity index (χ1v) is 6.96. The smallest absolute Gasteiger partial charge is 0.0562 e. The number of nitrogens with zero attached hydrogens (tertiary/aromatic N) is 1. The Hall–Kier alpha value is -2.28. The Morgan fingerprint density at radius 1 is 0.900 bits per heavy atom. The molecule has 0 amide bonds. The van der Waals surface area contributed by atoms with Gasteiger partial charge < -0.3 is 4.57 Å². The highest BCUT2D eigenvalue weighted by Gasteiger charge is 2.14. The standard InChI is InChI=1S/C19H19N/c1-14(2)13-17-16-11-7-8-12-18(16)20(3)19(17)15-9-5-4-6-10-15/h4-13H,1-3H3. The maximum atomic E-state index is 2.29. The van der Waals surface area contributed by atoms with Gasteiger partial charge in [-0.3, -0.25) is 0 Å². The van der Waals surface area contributed by atoms with Crippen molar-refractivity contribution < 1.29 is 0 Å². The topological polar surface area (TPSA) is 4.93 Å². The highest BCUT2D eigenvalue weighted by molar-refractivity contribution is 5.97. The molecule has 0 bridgehead atoms. The zero-order valence-corrected chi connectivity index (χ0v) is 12.2. The highest BCUT2D eigenvalue weighted by Crippen LogP contribution is 2.34. The summed E-state index contributed by atoms with van der Waals surface area (Å²) in [7, 11) is 2.15. The van der Waals surface area contributed by atoms with Crippen LogP contribution in [0.4, 0.5) is 0 Å². The molecule has 0 saturated carbocycles. The van der Waals surface area contributed by atoms with Gasteiger partial charge in [0.25, 0.3) is 0 Å². The summed E-state index contributed by atoms with van der Waals surface area (Å²) in [4.78, 5) is 0. The zero-order chi connectivity index (χ0) is 14.1. The van der Waals surface area contributed by atoms with E-state index in [0.29, 0.717) is 0 Å². The van der Waals surface area contributed by atoms with Gasteiger partial charge in [-0.05, 0) is 25.5 Å². The quantitative estimate of drug-likeness (QED) is 0.592. The Kier molecular flexibility index (Phi) is 3.19. The fourth-order valence-electron chi connectivity index (χ4n) is 2.80. The van der Waals surface area contributed by atoms with Crippen LogP contribution in [0.1, 0.15) is 19.4 Å². The molecule has 0 aliphatic rings. The molecule has 0 aliphatic carbocycles. The van der Waals surface area contributed by atoms with Crippen LogP contribution in [0.5, 0.6) is 0 Å². The Morgan fingerprint density at radius 3 is 2.25 bits per heavy atom. The largest absolute Gasteiger partial charge is 0.343 e. The van der Waals surface area contributed by atoms with Crippen molar-refractivity contribution in [1.29, 1.82) is 0 Å². The van der Waals surface area contributed by atoms with Gasteiger partial charge in [0.15, 0.2) is 0 Å². The van der Waals surface area contributed by atoms with Gasteiger partial charge in [-0.25, -0.2) is 0 Å². The van der Waals surface area contributed by atoms with E-state index in [1.807, 2.05) is 0 Å². The van der Waals surface area contributed by atoms with E-state index in [0.717, 1.165) is 0 Å². The predicted octanol–water partition coefficient (Wildman–Crippen LogP) is 5.27. The van der Waals surface area contributed by atoms with Crippen LogP contribution in [0, 0.1) is 0 Å². The van der Waals surface area contributed by atoms with Crippen molar-refractivity contribution in [1.82, 2.24) is 4.57 Å². The van der Waals surface area contributed by atoms with E-state index in [1.165, 1.54) is 33.3 Å². The fourth-order valence-corrected chi connectivity index (χ4v) is 2.80. The van der Waals surface area contributed by atoms with Crippen molar-refractivity contribution >= 4 is 17.0 Å². The van der Waals surface area contributed by atoms with Gasteiger partial charge in [0, 0.05) is 23.5 Å². The molecule has 0 aliphatic heterocycles. The van der Waals surface area contributed by atoms with Crippen molar-refractivity contribution in [3.05, 3.63) is 65.7 Å². The van der Waals surface area contributed by atoms with Crippen molar-refractivity contribution in [3.8, 4) is 11.3 Å². The number of para-hydroxylation sites is 1. The SMILES string of the molecule is CC(C)=Cc1c(-c2ccccc2)n(C)c2ccccc12. The second-order valence-corrected chi connectivity index (χ2v) is 5.43. The van der Waals surface area contributed by atoms with Crippen LogP contribution in [0.25, 0.3) is 28.2 Å². The molecule has 1 heterocycles. The number of hydrogen-bond donors (Lipinski definition) is 0. The van der Waals surface area contributed by atoms with Gasteiger partial charge in [-0.1, -0.05) is 60.2 Å². The van der Waals surface area contributed by atoms with E-state index in [2.05, 4.69) is 86.1 Å². The van der Waals surface area contributed by atoms with Crippen molar-refractivity contribution in [3.63, 3.8) is 0 Å². The Balaban J connectivity index is 2.41. The first-order chi connectivity index (χ1) is 9.68. The van der Waals surface area contributed by atoms with Crippen LogP contribution >= 0.6 is 0 Å². The van der Waals surface area contributed by atoms with Gasteiger partial charge >= 0.3 is 0 Å². The molecule has 0 radical (unpaired) electrons. The number of fused-ring (bicyclic) bond motifs is 1. The first-order valence-electron chi connectivity index (χ1n) is 6.96. The average molecular weight is 261 g/mol. The van der Waals surface area contributed by atoms with Crippen molar-refractivity contribution in [2.45, 2.75) is 13.8 Å². The summed E-state index contributed by atoms with van der Waals surface area (Å²) in [6.07, 6.45) is 2.28. The molecule has 1 nitrogen and oxygen atoms in total. The minimum atomic E-state index is 1.26. The van der Waals surface area contributed by atoms with Crippen LogP contribution < -0.4 is 0 Å². The molecular weight excluding hydrogens is 242 g/mol. The number of aromatic nitrogens is 1. The van der Waals surface area contributed by atoms with Crippen LogP contribution in [0.3, 0.4) is 0 Å². The van der Waals surface area contributed by atoms with Gasteiger partial charge in [-0.2, -0.15) is 0 Å². The molecule has 2 aromatic carbocycles. The monoisotopic (exact) mass is 261 g/mol. The summed E-state index contributed by atoms with van der Waals surface area (Å²) >= 11 is 0. The number of aryl methyl sites for hydroxylation is 1. The third-order valence-corrected chi connectivity index (χ3v) is 3.63. The third kappa shape index (κ3) is 2.05. The van der Waals surface area contributed by atoms with Gasteiger partial charge in [0.05, 0.1) is 5.69 Å². The molecule has 1 aromatic heterocycles. The van der Waals surface area contributed by atoms with E-state index in [9.17, 15) is 0 Å². The second kappa shape index (κ2) is 5.01. The summed E-state index contributed by atoms with van der Waals surface area (Å²) in [5.41, 5.74) is 6.46.